The van der Waals surface area contributed by atoms with Gasteiger partial charge in [-0.3, -0.25) is 4.79 Å². The molecule has 0 fully saturated rings. The monoisotopic (exact) mass is 452 g/mol. The number of unbranched alkanes of at least 4 members (excludes halogenated alkanes) is 12. The molecule has 0 N–H and O–H groups in total. The van der Waals surface area contributed by atoms with Crippen LogP contribution in [0.5, 0.6) is 0 Å². The first-order chi connectivity index (χ1) is 15.5. The van der Waals surface area contributed by atoms with Gasteiger partial charge < -0.3 is 4.74 Å². The zero-order chi connectivity index (χ0) is 23.9. The molecule has 32 heavy (non-hydrogen) atoms. The summed E-state index contributed by atoms with van der Waals surface area (Å²) in [6.45, 7) is 11.5. The van der Waals surface area contributed by atoms with Gasteiger partial charge in [-0.05, 0) is 43.9 Å². The van der Waals surface area contributed by atoms with E-state index in [-0.39, 0.29) is 12.1 Å². The number of carbonyl (C=O) groups excluding carboxylic acids is 1. The van der Waals surface area contributed by atoms with E-state index in [0.717, 1.165) is 31.1 Å². The van der Waals surface area contributed by atoms with Gasteiger partial charge in [0.25, 0.3) is 0 Å². The van der Waals surface area contributed by atoms with Gasteiger partial charge >= 0.3 is 5.97 Å². The number of carbonyl (C=O) groups is 1. The van der Waals surface area contributed by atoms with E-state index >= 15 is 0 Å². The fourth-order valence-electron chi connectivity index (χ4n) is 4.65. The van der Waals surface area contributed by atoms with Crippen molar-refractivity contribution in [3.05, 3.63) is 0 Å². The van der Waals surface area contributed by atoms with E-state index < -0.39 is 0 Å². The van der Waals surface area contributed by atoms with Gasteiger partial charge in [0.15, 0.2) is 0 Å². The number of hydrogen-bond acceptors (Lipinski definition) is 2. The third-order valence-corrected chi connectivity index (χ3v) is 6.85. The van der Waals surface area contributed by atoms with Gasteiger partial charge in [-0.2, -0.15) is 0 Å². The highest BCUT2D eigenvalue weighted by molar-refractivity contribution is 5.69. The van der Waals surface area contributed by atoms with Crippen LogP contribution in [0.25, 0.3) is 0 Å². The zero-order valence-corrected chi connectivity index (χ0v) is 22.9. The number of esters is 1. The van der Waals surface area contributed by atoms with E-state index in [1.807, 2.05) is 0 Å². The molecule has 0 spiro atoms. The Bertz CT molecular complexity index is 390. The van der Waals surface area contributed by atoms with Crippen LogP contribution < -0.4 is 0 Å². The van der Waals surface area contributed by atoms with Gasteiger partial charge in [0.2, 0.25) is 0 Å². The first kappa shape index (κ1) is 31.5. The van der Waals surface area contributed by atoms with Crippen LogP contribution in [0, 0.1) is 11.8 Å². The lowest BCUT2D eigenvalue weighted by Gasteiger charge is -2.20. The summed E-state index contributed by atoms with van der Waals surface area (Å²) in [5.74, 6) is 1.59. The quantitative estimate of drug-likeness (QED) is 0.107. The molecular weight excluding hydrogens is 392 g/mol. The molecule has 0 amide bonds. The van der Waals surface area contributed by atoms with Gasteiger partial charge in [0, 0.05) is 6.42 Å². The van der Waals surface area contributed by atoms with Crippen LogP contribution in [0.1, 0.15) is 169 Å². The van der Waals surface area contributed by atoms with Crippen molar-refractivity contribution in [3.63, 3.8) is 0 Å². The van der Waals surface area contributed by atoms with Crippen LogP contribution in [0.2, 0.25) is 0 Å². The van der Waals surface area contributed by atoms with Crippen LogP contribution >= 0.6 is 0 Å². The van der Waals surface area contributed by atoms with Crippen LogP contribution in [0.15, 0.2) is 0 Å². The molecule has 0 aliphatic heterocycles. The van der Waals surface area contributed by atoms with E-state index in [2.05, 4.69) is 34.6 Å². The van der Waals surface area contributed by atoms with E-state index in [0.29, 0.717) is 6.42 Å². The SMILES string of the molecule is CCCCCCCCCCCCCC(=O)OC(CCCCCC(C)C)CCC(C)CCC. The van der Waals surface area contributed by atoms with Crippen molar-refractivity contribution in [2.24, 2.45) is 11.8 Å². The van der Waals surface area contributed by atoms with Crippen LogP contribution in [-0.4, -0.2) is 12.1 Å². The molecule has 2 heteroatoms. The summed E-state index contributed by atoms with van der Waals surface area (Å²) in [6, 6.07) is 0. The molecule has 0 rings (SSSR count). The minimum Gasteiger partial charge on any atom is -0.462 e. The van der Waals surface area contributed by atoms with Crippen LogP contribution in [-0.2, 0) is 9.53 Å². The maximum Gasteiger partial charge on any atom is 0.306 e. The van der Waals surface area contributed by atoms with Crippen LogP contribution in [0.4, 0.5) is 0 Å². The van der Waals surface area contributed by atoms with Crippen molar-refractivity contribution >= 4 is 5.97 Å². The second-order valence-electron chi connectivity index (χ2n) is 10.9. The number of hydrogen-bond donors (Lipinski definition) is 0. The molecule has 0 aliphatic carbocycles. The average Bonchev–Trinajstić information content (AvgIpc) is 2.75. The molecule has 2 nitrogen and oxygen atoms in total. The fourth-order valence-corrected chi connectivity index (χ4v) is 4.65. The fraction of sp³-hybridized carbons (Fsp3) is 0.967. The molecule has 0 radical (unpaired) electrons. The Kier molecular flexibility index (Phi) is 23.2. The second kappa shape index (κ2) is 23.6. The molecule has 0 aromatic heterocycles. The molecule has 0 bridgehead atoms. The molecule has 0 aromatic carbocycles. The van der Waals surface area contributed by atoms with Gasteiger partial charge in [-0.15, -0.1) is 0 Å². The summed E-state index contributed by atoms with van der Waals surface area (Å²) < 4.78 is 5.96. The third kappa shape index (κ3) is 22.7. The number of ether oxygens (including phenoxy) is 1. The average molecular weight is 453 g/mol. The Morgan fingerprint density at radius 2 is 1.09 bits per heavy atom. The molecule has 0 saturated heterocycles. The summed E-state index contributed by atoms with van der Waals surface area (Å²) in [7, 11) is 0. The first-order valence-electron chi connectivity index (χ1n) is 14.7. The summed E-state index contributed by atoms with van der Waals surface area (Å²) in [5, 5.41) is 0. The Labute approximate surface area is 203 Å². The van der Waals surface area contributed by atoms with E-state index in [4.69, 9.17) is 4.74 Å². The maximum absolute atomic E-state index is 12.4. The minimum atomic E-state index is 0.0521. The van der Waals surface area contributed by atoms with Crippen molar-refractivity contribution < 1.29 is 9.53 Å². The Morgan fingerprint density at radius 3 is 1.66 bits per heavy atom. The summed E-state index contributed by atoms with van der Waals surface area (Å²) in [4.78, 5) is 12.4. The standard InChI is InChI=1S/C30H60O2/c1-6-8-9-10-11-12-13-14-15-16-20-24-30(31)32-29(26-25-28(5)21-7-2)23-19-17-18-22-27(3)4/h27-29H,6-26H2,1-5H3. The highest BCUT2D eigenvalue weighted by Crippen LogP contribution is 2.20. The lowest BCUT2D eigenvalue weighted by Crippen LogP contribution is -2.19. The van der Waals surface area contributed by atoms with Crippen LogP contribution in [0.3, 0.4) is 0 Å². The molecule has 2 unspecified atom stereocenters. The lowest BCUT2D eigenvalue weighted by molar-refractivity contribution is -0.150. The maximum atomic E-state index is 12.4. The highest BCUT2D eigenvalue weighted by Gasteiger charge is 2.16. The predicted octanol–water partition coefficient (Wildman–Crippen LogP) is 10.4. The van der Waals surface area contributed by atoms with Gasteiger partial charge in [0.1, 0.15) is 6.10 Å². The second-order valence-corrected chi connectivity index (χ2v) is 10.9. The minimum absolute atomic E-state index is 0.0521. The molecular formula is C30H60O2. The summed E-state index contributed by atoms with van der Waals surface area (Å²) in [5.41, 5.74) is 0. The summed E-state index contributed by atoms with van der Waals surface area (Å²) in [6.07, 6.45) is 26.2. The van der Waals surface area contributed by atoms with Crippen molar-refractivity contribution in [1.29, 1.82) is 0 Å². The molecule has 0 saturated carbocycles. The molecule has 2 atom stereocenters. The predicted molar refractivity (Wildman–Crippen MR) is 142 cm³/mol. The first-order valence-corrected chi connectivity index (χ1v) is 14.7. The Hall–Kier alpha value is -0.530. The van der Waals surface area contributed by atoms with E-state index in [9.17, 15) is 4.79 Å². The topological polar surface area (TPSA) is 26.3 Å². The van der Waals surface area contributed by atoms with Crippen molar-refractivity contribution in [1.82, 2.24) is 0 Å². The molecule has 0 heterocycles. The van der Waals surface area contributed by atoms with Crippen molar-refractivity contribution in [2.45, 2.75) is 176 Å². The normalized spacial score (nSPS) is 13.4. The van der Waals surface area contributed by atoms with Gasteiger partial charge in [-0.1, -0.05) is 131 Å². The molecule has 192 valence electrons. The van der Waals surface area contributed by atoms with Crippen molar-refractivity contribution in [2.75, 3.05) is 0 Å². The Morgan fingerprint density at radius 1 is 0.562 bits per heavy atom. The Balaban J connectivity index is 3.95. The van der Waals surface area contributed by atoms with E-state index in [1.165, 1.54) is 109 Å². The molecule has 0 aliphatic rings. The summed E-state index contributed by atoms with van der Waals surface area (Å²) >= 11 is 0. The number of rotatable bonds is 24. The largest absolute Gasteiger partial charge is 0.462 e. The van der Waals surface area contributed by atoms with Crippen molar-refractivity contribution in [3.8, 4) is 0 Å². The zero-order valence-electron chi connectivity index (χ0n) is 22.9. The van der Waals surface area contributed by atoms with Gasteiger partial charge in [0.05, 0.1) is 0 Å². The lowest BCUT2D eigenvalue weighted by atomic mass is 9.96. The third-order valence-electron chi connectivity index (χ3n) is 6.85. The molecule has 0 aromatic rings. The van der Waals surface area contributed by atoms with E-state index in [1.54, 1.807) is 0 Å². The smallest absolute Gasteiger partial charge is 0.306 e. The van der Waals surface area contributed by atoms with Gasteiger partial charge in [-0.25, -0.2) is 0 Å². The highest BCUT2D eigenvalue weighted by atomic mass is 16.5.